The molecule has 0 saturated carbocycles. The predicted molar refractivity (Wildman–Crippen MR) is 77.5 cm³/mol. The lowest BCUT2D eigenvalue weighted by molar-refractivity contribution is 0.410. The second-order valence-corrected chi connectivity index (χ2v) is 4.65. The molecule has 0 atom stereocenters. The van der Waals surface area contributed by atoms with Crippen molar-refractivity contribution in [3.63, 3.8) is 0 Å². The van der Waals surface area contributed by atoms with E-state index in [4.69, 9.17) is 4.74 Å². The van der Waals surface area contributed by atoms with Crippen LogP contribution in [0.5, 0.6) is 5.75 Å². The van der Waals surface area contributed by atoms with Gasteiger partial charge in [-0.1, -0.05) is 6.92 Å². The third kappa shape index (κ3) is 3.72. The Bertz CT molecular complexity index is 389. The van der Waals surface area contributed by atoms with Gasteiger partial charge >= 0.3 is 0 Å². The van der Waals surface area contributed by atoms with Gasteiger partial charge in [-0.25, -0.2) is 0 Å². The second kappa shape index (κ2) is 7.39. The van der Waals surface area contributed by atoms with E-state index in [1.165, 1.54) is 22.3 Å². The van der Waals surface area contributed by atoms with E-state index in [0.29, 0.717) is 0 Å². The number of benzene rings is 1. The Balaban J connectivity index is 2.68. The number of hydrogen-bond acceptors (Lipinski definition) is 3. The Labute approximate surface area is 111 Å². The van der Waals surface area contributed by atoms with E-state index < -0.39 is 0 Å². The summed E-state index contributed by atoms with van der Waals surface area (Å²) in [5.74, 6) is 0.987. The fourth-order valence-corrected chi connectivity index (χ4v) is 2.15. The molecule has 3 heteroatoms. The minimum atomic E-state index is 0.924. The fraction of sp³-hybridized carbons (Fsp3) is 0.600. The van der Waals surface area contributed by atoms with E-state index in [2.05, 4.69) is 44.4 Å². The van der Waals surface area contributed by atoms with E-state index in [0.717, 1.165) is 31.9 Å². The van der Waals surface area contributed by atoms with Crippen LogP contribution in [0.15, 0.2) is 6.07 Å². The monoisotopic (exact) mass is 250 g/mol. The summed E-state index contributed by atoms with van der Waals surface area (Å²) in [4.78, 5) is 0. The third-order valence-corrected chi connectivity index (χ3v) is 3.46. The Morgan fingerprint density at radius 3 is 2.33 bits per heavy atom. The molecule has 0 bridgehead atoms. The van der Waals surface area contributed by atoms with Gasteiger partial charge in [0.15, 0.2) is 0 Å². The molecule has 0 fully saturated rings. The molecule has 0 saturated heterocycles. The zero-order valence-electron chi connectivity index (χ0n) is 12.3. The number of ether oxygens (including phenoxy) is 1. The van der Waals surface area contributed by atoms with Crippen molar-refractivity contribution >= 4 is 0 Å². The zero-order valence-corrected chi connectivity index (χ0v) is 12.3. The quantitative estimate of drug-likeness (QED) is 0.729. The first-order valence-corrected chi connectivity index (χ1v) is 6.66. The SMILES string of the molecule is CCNCCNCc1c(C)cc(OC)c(C)c1C. The largest absolute Gasteiger partial charge is 0.496 e. The maximum Gasteiger partial charge on any atom is 0.122 e. The summed E-state index contributed by atoms with van der Waals surface area (Å²) >= 11 is 0. The minimum Gasteiger partial charge on any atom is -0.496 e. The van der Waals surface area contributed by atoms with Crippen LogP contribution in [0.3, 0.4) is 0 Å². The smallest absolute Gasteiger partial charge is 0.122 e. The standard InChI is InChI=1S/C15H26N2O/c1-6-16-7-8-17-10-14-11(2)9-15(18-5)13(4)12(14)3/h9,16-17H,6-8,10H2,1-5H3. The Morgan fingerprint density at radius 1 is 1.06 bits per heavy atom. The van der Waals surface area contributed by atoms with Crippen LogP contribution in [-0.4, -0.2) is 26.7 Å². The molecule has 3 nitrogen and oxygen atoms in total. The van der Waals surface area contributed by atoms with E-state index in [1.54, 1.807) is 7.11 Å². The number of likely N-dealkylation sites (N-methyl/N-ethyl adjacent to an activating group) is 1. The maximum atomic E-state index is 5.39. The lowest BCUT2D eigenvalue weighted by Gasteiger charge is -2.16. The topological polar surface area (TPSA) is 33.3 Å². The number of nitrogens with one attached hydrogen (secondary N) is 2. The highest BCUT2D eigenvalue weighted by Gasteiger charge is 2.09. The van der Waals surface area contributed by atoms with Crippen molar-refractivity contribution in [3.8, 4) is 5.75 Å². The van der Waals surface area contributed by atoms with Gasteiger partial charge in [-0.15, -0.1) is 0 Å². The van der Waals surface area contributed by atoms with Crippen LogP contribution < -0.4 is 15.4 Å². The van der Waals surface area contributed by atoms with Gasteiger partial charge in [-0.3, -0.25) is 0 Å². The average Bonchev–Trinajstić information content (AvgIpc) is 2.37. The van der Waals surface area contributed by atoms with Crippen molar-refractivity contribution in [2.24, 2.45) is 0 Å². The molecule has 1 aromatic carbocycles. The predicted octanol–water partition coefficient (Wildman–Crippen LogP) is 2.32. The number of hydrogen-bond donors (Lipinski definition) is 2. The first-order valence-electron chi connectivity index (χ1n) is 6.66. The van der Waals surface area contributed by atoms with Gasteiger partial charge in [-0.05, 0) is 55.6 Å². The number of methoxy groups -OCH3 is 1. The summed E-state index contributed by atoms with van der Waals surface area (Å²) in [5, 5.41) is 6.79. The summed E-state index contributed by atoms with van der Waals surface area (Å²) < 4.78 is 5.39. The Morgan fingerprint density at radius 2 is 1.72 bits per heavy atom. The average molecular weight is 250 g/mol. The molecule has 0 aromatic heterocycles. The molecular weight excluding hydrogens is 224 g/mol. The summed E-state index contributed by atoms with van der Waals surface area (Å²) in [5.41, 5.74) is 5.27. The Hall–Kier alpha value is -1.06. The van der Waals surface area contributed by atoms with E-state index in [9.17, 15) is 0 Å². The molecule has 0 unspecified atom stereocenters. The van der Waals surface area contributed by atoms with Crippen LogP contribution in [0, 0.1) is 20.8 Å². The summed E-state index contributed by atoms with van der Waals surface area (Å²) in [7, 11) is 1.73. The van der Waals surface area contributed by atoms with E-state index >= 15 is 0 Å². The van der Waals surface area contributed by atoms with Gasteiger partial charge in [0, 0.05) is 19.6 Å². The van der Waals surface area contributed by atoms with Gasteiger partial charge < -0.3 is 15.4 Å². The lowest BCUT2D eigenvalue weighted by atomic mass is 9.97. The molecule has 2 N–H and O–H groups in total. The van der Waals surface area contributed by atoms with Crippen molar-refractivity contribution in [2.75, 3.05) is 26.7 Å². The Kier molecular flexibility index (Phi) is 6.16. The zero-order chi connectivity index (χ0) is 13.5. The number of rotatable bonds is 7. The van der Waals surface area contributed by atoms with Crippen molar-refractivity contribution < 1.29 is 4.74 Å². The molecule has 1 rings (SSSR count). The highest BCUT2D eigenvalue weighted by atomic mass is 16.5. The van der Waals surface area contributed by atoms with Gasteiger partial charge in [-0.2, -0.15) is 0 Å². The molecule has 0 amide bonds. The van der Waals surface area contributed by atoms with Crippen molar-refractivity contribution in [3.05, 3.63) is 28.3 Å². The van der Waals surface area contributed by atoms with Crippen LogP contribution in [0.25, 0.3) is 0 Å². The molecule has 1 aromatic rings. The molecule has 102 valence electrons. The third-order valence-electron chi connectivity index (χ3n) is 3.46. The molecule has 0 aliphatic carbocycles. The van der Waals surface area contributed by atoms with Crippen molar-refractivity contribution in [1.82, 2.24) is 10.6 Å². The molecule has 0 aliphatic heterocycles. The molecule has 0 heterocycles. The lowest BCUT2D eigenvalue weighted by Crippen LogP contribution is -2.27. The van der Waals surface area contributed by atoms with Gasteiger partial charge in [0.05, 0.1) is 7.11 Å². The fourth-order valence-electron chi connectivity index (χ4n) is 2.15. The molecule has 18 heavy (non-hydrogen) atoms. The van der Waals surface area contributed by atoms with Crippen LogP contribution in [-0.2, 0) is 6.54 Å². The van der Waals surface area contributed by atoms with Gasteiger partial charge in [0.1, 0.15) is 5.75 Å². The first kappa shape index (κ1) is 15.0. The van der Waals surface area contributed by atoms with Crippen LogP contribution in [0.1, 0.15) is 29.2 Å². The van der Waals surface area contributed by atoms with Crippen molar-refractivity contribution in [1.29, 1.82) is 0 Å². The minimum absolute atomic E-state index is 0.924. The highest BCUT2D eigenvalue weighted by Crippen LogP contribution is 2.27. The first-order chi connectivity index (χ1) is 8.61. The second-order valence-electron chi connectivity index (χ2n) is 4.65. The van der Waals surface area contributed by atoms with E-state index in [1.807, 2.05) is 0 Å². The summed E-state index contributed by atoms with van der Waals surface area (Å²) in [6.07, 6.45) is 0. The molecule has 0 spiro atoms. The van der Waals surface area contributed by atoms with E-state index in [-0.39, 0.29) is 0 Å². The van der Waals surface area contributed by atoms with Crippen LogP contribution in [0.2, 0.25) is 0 Å². The van der Waals surface area contributed by atoms with Gasteiger partial charge in [0.2, 0.25) is 0 Å². The molecular formula is C15H26N2O. The number of aryl methyl sites for hydroxylation is 1. The van der Waals surface area contributed by atoms with Crippen LogP contribution >= 0.6 is 0 Å². The summed E-state index contributed by atoms with van der Waals surface area (Å²) in [6, 6.07) is 2.13. The van der Waals surface area contributed by atoms with Gasteiger partial charge in [0.25, 0.3) is 0 Å². The highest BCUT2D eigenvalue weighted by molar-refractivity contribution is 5.48. The molecule has 0 radical (unpaired) electrons. The summed E-state index contributed by atoms with van der Waals surface area (Å²) in [6.45, 7) is 12.5. The van der Waals surface area contributed by atoms with Crippen LogP contribution in [0.4, 0.5) is 0 Å². The normalized spacial score (nSPS) is 10.7. The van der Waals surface area contributed by atoms with Crippen molar-refractivity contribution in [2.45, 2.75) is 34.2 Å². The maximum absolute atomic E-state index is 5.39. The molecule has 0 aliphatic rings.